The van der Waals surface area contributed by atoms with Crippen LogP contribution in [-0.4, -0.2) is 18.2 Å². The number of rotatable bonds is 5. The van der Waals surface area contributed by atoms with E-state index in [1.54, 1.807) is 0 Å². The minimum Gasteiger partial charge on any atom is -0.491 e. The molecule has 2 rings (SSSR count). The maximum Gasteiger partial charge on any atom is 0.271 e. The zero-order valence-electron chi connectivity index (χ0n) is 12.4. The lowest BCUT2D eigenvalue weighted by atomic mass is 10.2. The summed E-state index contributed by atoms with van der Waals surface area (Å²) >= 11 is 0. The van der Waals surface area contributed by atoms with E-state index in [0.717, 1.165) is 11.3 Å². The molecule has 0 aliphatic carbocycles. The molecule has 1 N–H and O–H groups in total. The van der Waals surface area contributed by atoms with Crippen molar-refractivity contribution >= 4 is 12.1 Å². The molecule has 2 aromatic carbocycles. The van der Waals surface area contributed by atoms with Gasteiger partial charge in [-0.15, -0.1) is 0 Å². The van der Waals surface area contributed by atoms with Crippen LogP contribution in [0.5, 0.6) is 5.75 Å². The molecular weight excluding hydrogens is 283 g/mol. The summed E-state index contributed by atoms with van der Waals surface area (Å²) in [5.41, 5.74) is 3.57. The quantitative estimate of drug-likeness (QED) is 0.680. The minimum atomic E-state index is -0.393. The van der Waals surface area contributed by atoms with E-state index in [4.69, 9.17) is 4.74 Å². The van der Waals surface area contributed by atoms with Crippen molar-refractivity contribution in [2.45, 2.75) is 20.0 Å². The van der Waals surface area contributed by atoms with Gasteiger partial charge < -0.3 is 4.74 Å². The molecule has 0 saturated carbocycles. The monoisotopic (exact) mass is 300 g/mol. The van der Waals surface area contributed by atoms with E-state index in [0.29, 0.717) is 5.56 Å². The van der Waals surface area contributed by atoms with Crippen LogP contribution in [0.1, 0.15) is 29.8 Å². The second-order valence-corrected chi connectivity index (χ2v) is 4.94. The maximum absolute atomic E-state index is 12.8. The molecule has 0 aliphatic heterocycles. The Hall–Kier alpha value is -2.69. The lowest BCUT2D eigenvalue weighted by Crippen LogP contribution is -2.17. The predicted octanol–water partition coefficient (Wildman–Crippen LogP) is 3.38. The van der Waals surface area contributed by atoms with Crippen LogP contribution < -0.4 is 10.2 Å². The third kappa shape index (κ3) is 4.70. The Morgan fingerprint density at radius 2 is 1.77 bits per heavy atom. The van der Waals surface area contributed by atoms with E-state index in [-0.39, 0.29) is 11.9 Å². The number of benzene rings is 2. The van der Waals surface area contributed by atoms with Gasteiger partial charge in [-0.25, -0.2) is 9.82 Å². The van der Waals surface area contributed by atoms with Gasteiger partial charge in [0.25, 0.3) is 5.91 Å². The molecule has 4 nitrogen and oxygen atoms in total. The third-order valence-corrected chi connectivity index (χ3v) is 2.74. The molecular formula is C17H17FN2O2. The number of hydrogen-bond acceptors (Lipinski definition) is 3. The highest BCUT2D eigenvalue weighted by molar-refractivity contribution is 5.94. The Morgan fingerprint density at radius 3 is 2.36 bits per heavy atom. The Labute approximate surface area is 128 Å². The zero-order chi connectivity index (χ0) is 15.9. The highest BCUT2D eigenvalue weighted by atomic mass is 19.1. The molecule has 0 spiro atoms. The van der Waals surface area contributed by atoms with Gasteiger partial charge >= 0.3 is 0 Å². The summed E-state index contributed by atoms with van der Waals surface area (Å²) in [6.07, 6.45) is 1.65. The summed E-state index contributed by atoms with van der Waals surface area (Å²) in [6.45, 7) is 3.92. The van der Waals surface area contributed by atoms with E-state index in [1.807, 2.05) is 38.1 Å². The number of amides is 1. The van der Waals surface area contributed by atoms with Crippen LogP contribution in [-0.2, 0) is 0 Å². The summed E-state index contributed by atoms with van der Waals surface area (Å²) in [5, 5.41) is 3.87. The van der Waals surface area contributed by atoms with Crippen LogP contribution in [0.3, 0.4) is 0 Å². The predicted molar refractivity (Wildman–Crippen MR) is 83.7 cm³/mol. The molecule has 0 heterocycles. The molecule has 1 amide bonds. The molecule has 114 valence electrons. The van der Waals surface area contributed by atoms with E-state index in [2.05, 4.69) is 10.5 Å². The van der Waals surface area contributed by atoms with Gasteiger partial charge in [-0.2, -0.15) is 5.10 Å². The first-order valence-corrected chi connectivity index (χ1v) is 6.90. The molecule has 0 radical (unpaired) electrons. The van der Waals surface area contributed by atoms with Crippen LogP contribution in [0.2, 0.25) is 0 Å². The summed E-state index contributed by atoms with van der Waals surface area (Å²) in [5.74, 6) is 0.00210. The number of hydrazone groups is 1. The number of halogens is 1. The molecule has 2 aromatic rings. The molecule has 22 heavy (non-hydrogen) atoms. The van der Waals surface area contributed by atoms with Crippen molar-refractivity contribution in [1.82, 2.24) is 5.43 Å². The molecule has 0 saturated heterocycles. The fraction of sp³-hybridized carbons (Fsp3) is 0.176. The van der Waals surface area contributed by atoms with Gasteiger partial charge in [-0.05, 0) is 67.9 Å². The van der Waals surface area contributed by atoms with Crippen molar-refractivity contribution in [3.8, 4) is 5.75 Å². The summed E-state index contributed by atoms with van der Waals surface area (Å²) in [7, 11) is 0. The topological polar surface area (TPSA) is 50.7 Å². The number of carbonyl (C=O) groups excluding carboxylic acids is 1. The Morgan fingerprint density at radius 1 is 1.14 bits per heavy atom. The molecule has 5 heteroatoms. The fourth-order valence-corrected chi connectivity index (χ4v) is 1.74. The van der Waals surface area contributed by atoms with Gasteiger partial charge in [0.05, 0.1) is 12.3 Å². The van der Waals surface area contributed by atoms with Crippen LogP contribution in [0.4, 0.5) is 4.39 Å². The summed E-state index contributed by atoms with van der Waals surface area (Å²) in [6, 6.07) is 12.6. The number of nitrogens with zero attached hydrogens (tertiary/aromatic N) is 1. The normalized spacial score (nSPS) is 10.9. The Kier molecular flexibility index (Phi) is 5.25. The standard InChI is InChI=1S/C17H17FN2O2/c1-12(2)22-16-9-3-13(4-10-16)11-19-20-17(21)14-5-7-15(18)8-6-14/h3-12H,1-2H3,(H,20,21)/b19-11-. The van der Waals surface area contributed by atoms with Crippen LogP contribution in [0, 0.1) is 5.82 Å². The van der Waals surface area contributed by atoms with E-state index in [9.17, 15) is 9.18 Å². The lowest BCUT2D eigenvalue weighted by Gasteiger charge is -2.09. The Bertz CT molecular complexity index is 649. The summed E-state index contributed by atoms with van der Waals surface area (Å²) < 4.78 is 18.3. The van der Waals surface area contributed by atoms with Crippen molar-refractivity contribution in [2.24, 2.45) is 5.10 Å². The first-order valence-electron chi connectivity index (χ1n) is 6.90. The Balaban J connectivity index is 1.91. The van der Waals surface area contributed by atoms with Crippen molar-refractivity contribution in [1.29, 1.82) is 0 Å². The molecule has 0 aliphatic rings. The van der Waals surface area contributed by atoms with E-state index < -0.39 is 5.91 Å². The zero-order valence-corrected chi connectivity index (χ0v) is 12.4. The van der Waals surface area contributed by atoms with E-state index >= 15 is 0 Å². The highest BCUT2D eigenvalue weighted by Gasteiger charge is 2.03. The van der Waals surface area contributed by atoms with Gasteiger partial charge in [0.1, 0.15) is 11.6 Å². The third-order valence-electron chi connectivity index (χ3n) is 2.74. The van der Waals surface area contributed by atoms with Crippen LogP contribution in [0.25, 0.3) is 0 Å². The molecule has 0 atom stereocenters. The van der Waals surface area contributed by atoms with Crippen LogP contribution >= 0.6 is 0 Å². The van der Waals surface area contributed by atoms with Crippen LogP contribution in [0.15, 0.2) is 53.6 Å². The molecule has 0 unspecified atom stereocenters. The number of hydrogen-bond donors (Lipinski definition) is 1. The van der Waals surface area contributed by atoms with Gasteiger partial charge in [0, 0.05) is 5.56 Å². The fourth-order valence-electron chi connectivity index (χ4n) is 1.74. The number of carbonyl (C=O) groups is 1. The lowest BCUT2D eigenvalue weighted by molar-refractivity contribution is 0.0955. The van der Waals surface area contributed by atoms with Gasteiger partial charge in [-0.3, -0.25) is 4.79 Å². The largest absolute Gasteiger partial charge is 0.491 e. The smallest absolute Gasteiger partial charge is 0.271 e. The van der Waals surface area contributed by atoms with Crippen molar-refractivity contribution in [2.75, 3.05) is 0 Å². The van der Waals surface area contributed by atoms with E-state index in [1.165, 1.54) is 30.5 Å². The molecule has 0 fully saturated rings. The first-order chi connectivity index (χ1) is 10.5. The van der Waals surface area contributed by atoms with Crippen molar-refractivity contribution in [3.05, 3.63) is 65.5 Å². The second kappa shape index (κ2) is 7.36. The molecule has 0 aromatic heterocycles. The van der Waals surface area contributed by atoms with Gasteiger partial charge in [-0.1, -0.05) is 0 Å². The van der Waals surface area contributed by atoms with Crippen molar-refractivity contribution < 1.29 is 13.9 Å². The first kappa shape index (κ1) is 15.7. The average Bonchev–Trinajstić information content (AvgIpc) is 2.49. The second-order valence-electron chi connectivity index (χ2n) is 4.94. The summed E-state index contributed by atoms with van der Waals surface area (Å²) in [4.78, 5) is 11.8. The highest BCUT2D eigenvalue weighted by Crippen LogP contribution is 2.12. The molecule has 0 bridgehead atoms. The SMILES string of the molecule is CC(C)Oc1ccc(/C=N\NC(=O)c2ccc(F)cc2)cc1. The maximum atomic E-state index is 12.8. The average molecular weight is 300 g/mol. The number of nitrogens with one attached hydrogen (secondary N) is 1. The minimum absolute atomic E-state index is 0.120. The van der Waals surface area contributed by atoms with Gasteiger partial charge in [0.15, 0.2) is 0 Å². The van der Waals surface area contributed by atoms with Gasteiger partial charge in [0.2, 0.25) is 0 Å². The van der Waals surface area contributed by atoms with Crippen molar-refractivity contribution in [3.63, 3.8) is 0 Å². The number of ether oxygens (including phenoxy) is 1.